The molecule has 0 aliphatic rings. The molecule has 0 aliphatic carbocycles. The van der Waals surface area contributed by atoms with E-state index in [-0.39, 0.29) is 11.1 Å². The van der Waals surface area contributed by atoms with Crippen molar-refractivity contribution in [3.8, 4) is 0 Å². The maximum Gasteiger partial charge on any atom is 0.334 e. The van der Waals surface area contributed by atoms with Crippen molar-refractivity contribution in [2.45, 2.75) is 0 Å². The minimum atomic E-state index is -0.798. The Kier molecular flexibility index (Phi) is 3.86. The molecule has 6 nitrogen and oxygen atoms in total. The van der Waals surface area contributed by atoms with Crippen molar-refractivity contribution in [1.82, 2.24) is 9.36 Å². The molecule has 1 aromatic heterocycles. The zero-order chi connectivity index (χ0) is 16.4. The molecule has 1 heterocycles. The predicted molar refractivity (Wildman–Crippen MR) is 85.2 cm³/mol. The lowest BCUT2D eigenvalue weighted by Gasteiger charge is -2.07. The van der Waals surface area contributed by atoms with Gasteiger partial charge in [0, 0.05) is 11.1 Å². The van der Waals surface area contributed by atoms with Crippen LogP contribution in [0.1, 0.15) is 20.7 Å². The number of carbonyl (C=O) groups excluding carboxylic acids is 2. The summed E-state index contributed by atoms with van der Waals surface area (Å²) in [6.07, 6.45) is 0. The van der Waals surface area contributed by atoms with Crippen molar-refractivity contribution in [3.05, 3.63) is 91.1 Å². The monoisotopic (exact) mass is 326 g/mol. The first kappa shape index (κ1) is 14.9. The fourth-order valence-electron chi connectivity index (χ4n) is 2.08. The minimum Gasteiger partial charge on any atom is -0.267 e. The van der Waals surface area contributed by atoms with Crippen LogP contribution in [0.15, 0.2) is 70.3 Å². The summed E-state index contributed by atoms with van der Waals surface area (Å²) < 4.78 is 1.16. The van der Waals surface area contributed by atoms with Crippen LogP contribution in [-0.4, -0.2) is 21.2 Å². The quantitative estimate of drug-likeness (QED) is 0.714. The maximum atomic E-state index is 12.5. The highest BCUT2D eigenvalue weighted by Crippen LogP contribution is 2.04. The number of aromatic nitrogens is 2. The molecule has 0 amide bonds. The Morgan fingerprint density at radius 3 is 1.35 bits per heavy atom. The van der Waals surface area contributed by atoms with Gasteiger partial charge in [-0.3, -0.25) is 19.2 Å². The largest absolute Gasteiger partial charge is 0.334 e. The summed E-state index contributed by atoms with van der Waals surface area (Å²) in [6, 6.07) is 16.0. The summed E-state index contributed by atoms with van der Waals surface area (Å²) >= 11 is 0.315. The van der Waals surface area contributed by atoms with Crippen molar-refractivity contribution in [3.63, 3.8) is 0 Å². The van der Waals surface area contributed by atoms with Gasteiger partial charge in [0.15, 0.2) is 0 Å². The molecule has 0 fully saturated rings. The normalized spacial score (nSPS) is 10.4. The fourth-order valence-corrected chi connectivity index (χ4v) is 2.73. The second kappa shape index (κ2) is 5.98. The van der Waals surface area contributed by atoms with Crippen LogP contribution in [0.4, 0.5) is 0 Å². The van der Waals surface area contributed by atoms with Crippen molar-refractivity contribution >= 4 is 23.2 Å². The Hall–Kier alpha value is -3.06. The first-order valence-corrected chi connectivity index (χ1v) is 7.46. The zero-order valence-electron chi connectivity index (χ0n) is 11.7. The maximum absolute atomic E-state index is 12.5. The highest BCUT2D eigenvalue weighted by atomic mass is 32.1. The fraction of sp³-hybridized carbons (Fsp3) is 0. The van der Waals surface area contributed by atoms with E-state index in [2.05, 4.69) is 0 Å². The number of carbonyl (C=O) groups is 2. The number of rotatable bonds is 2. The van der Waals surface area contributed by atoms with E-state index in [1.807, 2.05) is 0 Å². The second-order valence-electron chi connectivity index (χ2n) is 4.60. The summed E-state index contributed by atoms with van der Waals surface area (Å²) in [6.45, 7) is 0. The van der Waals surface area contributed by atoms with E-state index in [0.29, 0.717) is 20.7 Å². The number of hydrogen-bond donors (Lipinski definition) is 0. The Labute approximate surface area is 133 Å². The molecular formula is C16H10N2O4S. The molecule has 3 aromatic rings. The summed E-state index contributed by atoms with van der Waals surface area (Å²) in [5, 5.41) is 0. The summed E-state index contributed by atoms with van der Waals surface area (Å²) in [5.41, 5.74) is 0.420. The Balaban J connectivity index is 2.17. The van der Waals surface area contributed by atoms with Gasteiger partial charge in [-0.2, -0.15) is 9.36 Å². The number of nitrogens with zero attached hydrogens (tertiary/aromatic N) is 2. The molecule has 0 atom stereocenters. The van der Waals surface area contributed by atoms with E-state index in [1.54, 1.807) is 36.4 Å². The van der Waals surface area contributed by atoms with E-state index >= 15 is 0 Å². The van der Waals surface area contributed by atoms with E-state index in [4.69, 9.17) is 0 Å². The summed E-state index contributed by atoms with van der Waals surface area (Å²) in [5.74, 6) is -1.45. The summed E-state index contributed by atoms with van der Waals surface area (Å²) in [7, 11) is 0. The van der Waals surface area contributed by atoms with Crippen LogP contribution in [0.25, 0.3) is 0 Å². The van der Waals surface area contributed by atoms with Gasteiger partial charge in [0.2, 0.25) is 0 Å². The SMILES string of the molecule is O=C(c1ccccc1)n1c(=O)sc(=O)n1C(=O)c1ccccc1. The van der Waals surface area contributed by atoms with Crippen molar-refractivity contribution in [2.24, 2.45) is 0 Å². The smallest absolute Gasteiger partial charge is 0.267 e. The lowest BCUT2D eigenvalue weighted by Crippen LogP contribution is -2.37. The van der Waals surface area contributed by atoms with Crippen molar-refractivity contribution in [2.75, 3.05) is 0 Å². The molecule has 3 rings (SSSR count). The lowest BCUT2D eigenvalue weighted by molar-refractivity contribution is 0.0841. The van der Waals surface area contributed by atoms with Gasteiger partial charge in [-0.25, -0.2) is 0 Å². The zero-order valence-corrected chi connectivity index (χ0v) is 12.5. The first-order valence-electron chi connectivity index (χ1n) is 6.64. The van der Waals surface area contributed by atoms with Crippen molar-refractivity contribution in [1.29, 1.82) is 0 Å². The molecule has 23 heavy (non-hydrogen) atoms. The summed E-state index contributed by atoms with van der Waals surface area (Å²) in [4.78, 5) is 47.4. The molecule has 0 N–H and O–H groups in total. The minimum absolute atomic E-state index is 0.210. The van der Waals surface area contributed by atoms with Gasteiger partial charge in [-0.15, -0.1) is 0 Å². The number of hydrogen-bond acceptors (Lipinski definition) is 5. The van der Waals surface area contributed by atoms with Gasteiger partial charge in [-0.1, -0.05) is 36.4 Å². The van der Waals surface area contributed by atoms with E-state index in [9.17, 15) is 19.2 Å². The molecule has 0 saturated heterocycles. The third kappa shape index (κ3) is 2.69. The van der Waals surface area contributed by atoms with Crippen LogP contribution in [0.2, 0.25) is 0 Å². The third-order valence-electron chi connectivity index (χ3n) is 3.15. The van der Waals surface area contributed by atoms with Crippen LogP contribution >= 0.6 is 11.3 Å². The van der Waals surface area contributed by atoms with Gasteiger partial charge < -0.3 is 0 Å². The van der Waals surface area contributed by atoms with Crippen molar-refractivity contribution < 1.29 is 9.59 Å². The Bertz CT molecular complexity index is 904. The van der Waals surface area contributed by atoms with Gasteiger partial charge in [0.1, 0.15) is 0 Å². The standard InChI is InChI=1S/C16H10N2O4S/c19-13(11-7-3-1-4-8-11)17-15(21)23-16(22)18(17)14(20)12-9-5-2-6-10-12/h1-10H. The Morgan fingerprint density at radius 1 is 0.652 bits per heavy atom. The van der Waals surface area contributed by atoms with Crippen LogP contribution in [0.5, 0.6) is 0 Å². The Morgan fingerprint density at radius 2 is 1.00 bits per heavy atom. The second-order valence-corrected chi connectivity index (χ2v) is 5.50. The molecule has 0 aliphatic heterocycles. The van der Waals surface area contributed by atoms with Gasteiger partial charge in [0.25, 0.3) is 11.8 Å². The molecule has 0 bridgehead atoms. The average Bonchev–Trinajstić information content (AvgIpc) is 2.89. The first-order chi connectivity index (χ1) is 11.1. The molecule has 0 radical (unpaired) electrons. The van der Waals surface area contributed by atoms with Crippen LogP contribution in [0.3, 0.4) is 0 Å². The van der Waals surface area contributed by atoms with Gasteiger partial charge >= 0.3 is 9.75 Å². The molecule has 0 saturated carbocycles. The third-order valence-corrected chi connectivity index (χ3v) is 3.84. The number of benzene rings is 2. The molecule has 7 heteroatoms. The molecular weight excluding hydrogens is 316 g/mol. The highest BCUT2D eigenvalue weighted by molar-refractivity contribution is 7.06. The average molecular weight is 326 g/mol. The van der Waals surface area contributed by atoms with E-state index < -0.39 is 21.6 Å². The predicted octanol–water partition coefficient (Wildman–Crippen LogP) is 1.45. The van der Waals surface area contributed by atoms with Crippen LogP contribution in [0, 0.1) is 0 Å². The van der Waals surface area contributed by atoms with Gasteiger partial charge in [-0.05, 0) is 35.6 Å². The molecule has 2 aromatic carbocycles. The molecule has 114 valence electrons. The van der Waals surface area contributed by atoms with Crippen LogP contribution in [-0.2, 0) is 0 Å². The molecule has 0 spiro atoms. The molecule has 0 unspecified atom stereocenters. The highest BCUT2D eigenvalue weighted by Gasteiger charge is 2.23. The lowest BCUT2D eigenvalue weighted by atomic mass is 10.2. The van der Waals surface area contributed by atoms with E-state index in [1.165, 1.54) is 24.3 Å². The van der Waals surface area contributed by atoms with Crippen LogP contribution < -0.4 is 9.75 Å². The van der Waals surface area contributed by atoms with Gasteiger partial charge in [0.05, 0.1) is 0 Å². The topological polar surface area (TPSA) is 78.1 Å². The van der Waals surface area contributed by atoms with E-state index in [0.717, 1.165) is 0 Å².